The van der Waals surface area contributed by atoms with Crippen molar-refractivity contribution in [2.24, 2.45) is 5.92 Å². The first-order valence-corrected chi connectivity index (χ1v) is 10.7. The van der Waals surface area contributed by atoms with Gasteiger partial charge in [-0.15, -0.1) is 22.0 Å². The van der Waals surface area contributed by atoms with Crippen molar-refractivity contribution in [1.82, 2.24) is 10.2 Å². The second-order valence-corrected chi connectivity index (χ2v) is 8.44. The lowest BCUT2D eigenvalue weighted by Crippen LogP contribution is -2.28. The molecule has 2 heterocycles. The van der Waals surface area contributed by atoms with Crippen LogP contribution in [-0.2, 0) is 15.3 Å². The van der Waals surface area contributed by atoms with Crippen molar-refractivity contribution in [3.8, 4) is 0 Å². The zero-order valence-electron chi connectivity index (χ0n) is 14.9. The molecule has 1 aliphatic rings. The predicted octanol–water partition coefficient (Wildman–Crippen LogP) is 3.82. The normalized spacial score (nSPS) is 16.4. The number of thioether (sulfide) groups is 1. The largest absolute Gasteiger partial charge is 0.312 e. The topological polar surface area (TPSA) is 75.2 Å². The predicted molar refractivity (Wildman–Crippen MR) is 111 cm³/mol. The molecule has 0 saturated carbocycles. The van der Waals surface area contributed by atoms with Gasteiger partial charge in [0, 0.05) is 23.5 Å². The molecule has 8 heteroatoms. The highest BCUT2D eigenvalue weighted by Gasteiger charge is 2.35. The first kappa shape index (κ1) is 18.6. The van der Waals surface area contributed by atoms with Gasteiger partial charge in [0.2, 0.25) is 16.9 Å². The number of para-hydroxylation sites is 1. The number of carbonyl (C=O) groups is 2. The van der Waals surface area contributed by atoms with Gasteiger partial charge in [0.05, 0.1) is 11.7 Å². The molecule has 4 rings (SSSR count). The average Bonchev–Trinajstić information content (AvgIpc) is 3.34. The summed E-state index contributed by atoms with van der Waals surface area (Å²) in [6.07, 6.45) is 0.205. The summed E-state index contributed by atoms with van der Waals surface area (Å²) >= 11 is 3.04. The molecule has 2 aromatic carbocycles. The van der Waals surface area contributed by atoms with Gasteiger partial charge in [0.1, 0.15) is 5.01 Å². The summed E-state index contributed by atoms with van der Waals surface area (Å²) in [4.78, 5) is 27.7. The van der Waals surface area contributed by atoms with Gasteiger partial charge in [-0.05, 0) is 24.3 Å². The lowest BCUT2D eigenvalue weighted by molar-refractivity contribution is -0.122. The van der Waals surface area contributed by atoms with Crippen LogP contribution in [-0.4, -0.2) is 28.6 Å². The molecule has 1 aliphatic heterocycles. The van der Waals surface area contributed by atoms with Crippen molar-refractivity contribution in [3.63, 3.8) is 0 Å². The zero-order chi connectivity index (χ0) is 19.3. The molecule has 1 aromatic heterocycles. The molecular weight excluding hydrogens is 392 g/mol. The number of nitrogens with one attached hydrogen (secondary N) is 1. The van der Waals surface area contributed by atoms with Gasteiger partial charge in [-0.2, -0.15) is 0 Å². The number of rotatable bonds is 6. The number of hydrogen-bond donors (Lipinski definition) is 1. The van der Waals surface area contributed by atoms with Crippen LogP contribution >= 0.6 is 23.1 Å². The summed E-state index contributed by atoms with van der Waals surface area (Å²) in [5, 5.41) is 12.3. The fraction of sp³-hybridized carbons (Fsp3) is 0.200. The Hall–Kier alpha value is -2.71. The fourth-order valence-corrected chi connectivity index (χ4v) is 4.62. The molecular formula is C20H18N4O2S2. The van der Waals surface area contributed by atoms with Crippen LogP contribution in [0, 0.1) is 5.92 Å². The van der Waals surface area contributed by atoms with E-state index >= 15 is 0 Å². The second-order valence-electron chi connectivity index (χ2n) is 6.33. The Bertz CT molecular complexity index is 963. The maximum absolute atomic E-state index is 12.6. The minimum Gasteiger partial charge on any atom is -0.312 e. The fourth-order valence-electron chi connectivity index (χ4n) is 2.97. The summed E-state index contributed by atoms with van der Waals surface area (Å²) in [6, 6.07) is 19.5. The van der Waals surface area contributed by atoms with Crippen LogP contribution in [0.4, 0.5) is 10.8 Å². The zero-order valence-corrected chi connectivity index (χ0v) is 16.6. The van der Waals surface area contributed by atoms with Crippen LogP contribution in [0.1, 0.15) is 11.4 Å². The van der Waals surface area contributed by atoms with Crippen molar-refractivity contribution in [2.75, 3.05) is 16.8 Å². The summed E-state index contributed by atoms with van der Waals surface area (Å²) in [5.74, 6) is 0.0776. The van der Waals surface area contributed by atoms with Crippen LogP contribution in [0.3, 0.4) is 0 Å². The van der Waals surface area contributed by atoms with Gasteiger partial charge in [0.15, 0.2) is 0 Å². The highest BCUT2D eigenvalue weighted by Crippen LogP contribution is 2.28. The van der Waals surface area contributed by atoms with E-state index in [1.165, 1.54) is 11.3 Å². The molecule has 0 radical (unpaired) electrons. The number of amides is 2. The van der Waals surface area contributed by atoms with E-state index in [2.05, 4.69) is 15.5 Å². The first-order chi connectivity index (χ1) is 13.7. The van der Waals surface area contributed by atoms with E-state index in [-0.39, 0.29) is 18.2 Å². The molecule has 0 unspecified atom stereocenters. The molecule has 1 fully saturated rings. The van der Waals surface area contributed by atoms with E-state index in [9.17, 15) is 9.59 Å². The molecule has 1 atom stereocenters. The van der Waals surface area contributed by atoms with Gasteiger partial charge in [-0.1, -0.05) is 47.7 Å². The van der Waals surface area contributed by atoms with E-state index in [0.29, 0.717) is 17.4 Å². The molecule has 142 valence electrons. The molecule has 1 saturated heterocycles. The van der Waals surface area contributed by atoms with Crippen molar-refractivity contribution >= 4 is 45.7 Å². The summed E-state index contributed by atoms with van der Waals surface area (Å²) in [7, 11) is 0. The van der Waals surface area contributed by atoms with E-state index in [0.717, 1.165) is 15.6 Å². The Morgan fingerprint density at radius 1 is 1.11 bits per heavy atom. The second kappa shape index (κ2) is 8.53. The third-order valence-corrected chi connectivity index (χ3v) is 6.41. The minimum absolute atomic E-state index is 0.0384. The number of benzene rings is 2. The quantitative estimate of drug-likeness (QED) is 0.625. The van der Waals surface area contributed by atoms with Gasteiger partial charge in [0.25, 0.3) is 0 Å². The van der Waals surface area contributed by atoms with Crippen LogP contribution in [0.15, 0.2) is 65.6 Å². The Morgan fingerprint density at radius 2 is 1.82 bits per heavy atom. The standard InChI is InChI=1S/C20H18N4O2S2/c25-18-11-14(12-24(18)15-7-3-1-4-8-15)19(26)21-20-23-22-17(28-20)13-27-16-9-5-2-6-10-16/h1-10,14H,11-13H2,(H,21,23,26)/t14-/m1/s1. The molecule has 2 amide bonds. The van der Waals surface area contributed by atoms with E-state index < -0.39 is 5.92 Å². The number of carbonyl (C=O) groups excluding carboxylic acids is 2. The Kier molecular flexibility index (Phi) is 5.68. The Morgan fingerprint density at radius 3 is 2.57 bits per heavy atom. The van der Waals surface area contributed by atoms with Gasteiger partial charge in [-0.25, -0.2) is 0 Å². The third-order valence-electron chi connectivity index (χ3n) is 4.37. The Balaban J connectivity index is 1.33. The van der Waals surface area contributed by atoms with Gasteiger partial charge >= 0.3 is 0 Å². The third kappa shape index (κ3) is 4.40. The maximum atomic E-state index is 12.6. The number of hydrogen-bond acceptors (Lipinski definition) is 6. The molecule has 28 heavy (non-hydrogen) atoms. The lowest BCUT2D eigenvalue weighted by Gasteiger charge is -2.16. The highest BCUT2D eigenvalue weighted by atomic mass is 32.2. The van der Waals surface area contributed by atoms with Crippen molar-refractivity contribution in [1.29, 1.82) is 0 Å². The number of aromatic nitrogens is 2. The maximum Gasteiger partial charge on any atom is 0.231 e. The van der Waals surface area contributed by atoms with E-state index in [4.69, 9.17) is 0 Å². The van der Waals surface area contributed by atoms with Gasteiger partial charge in [-0.3, -0.25) is 9.59 Å². The van der Waals surface area contributed by atoms with Crippen molar-refractivity contribution in [3.05, 3.63) is 65.7 Å². The number of nitrogens with zero attached hydrogens (tertiary/aromatic N) is 3. The lowest BCUT2D eigenvalue weighted by atomic mass is 10.1. The monoisotopic (exact) mass is 410 g/mol. The van der Waals surface area contributed by atoms with Crippen molar-refractivity contribution in [2.45, 2.75) is 17.1 Å². The van der Waals surface area contributed by atoms with Gasteiger partial charge < -0.3 is 10.2 Å². The van der Waals surface area contributed by atoms with Crippen LogP contribution in [0.5, 0.6) is 0 Å². The Labute approximate surface area is 171 Å². The molecule has 1 N–H and O–H groups in total. The average molecular weight is 411 g/mol. The molecule has 3 aromatic rings. The smallest absolute Gasteiger partial charge is 0.231 e. The molecule has 0 bridgehead atoms. The molecule has 0 spiro atoms. The van der Waals surface area contributed by atoms with Crippen molar-refractivity contribution < 1.29 is 9.59 Å². The van der Waals surface area contributed by atoms with Crippen LogP contribution < -0.4 is 10.2 Å². The summed E-state index contributed by atoms with van der Waals surface area (Å²) < 4.78 is 0. The molecule has 0 aliphatic carbocycles. The highest BCUT2D eigenvalue weighted by molar-refractivity contribution is 7.98. The SMILES string of the molecule is O=C(Nc1nnc(CSc2ccccc2)s1)[C@@H]1CC(=O)N(c2ccccc2)C1. The van der Waals surface area contributed by atoms with Crippen LogP contribution in [0.25, 0.3) is 0 Å². The first-order valence-electron chi connectivity index (χ1n) is 8.85. The summed E-state index contributed by atoms with van der Waals surface area (Å²) in [6.45, 7) is 0.379. The van der Waals surface area contributed by atoms with Crippen LogP contribution in [0.2, 0.25) is 0 Å². The van der Waals surface area contributed by atoms with E-state index in [1.54, 1.807) is 16.7 Å². The van der Waals surface area contributed by atoms with E-state index in [1.807, 2.05) is 60.7 Å². The molecule has 6 nitrogen and oxygen atoms in total. The number of anilines is 2. The summed E-state index contributed by atoms with van der Waals surface area (Å²) in [5.41, 5.74) is 0.818. The minimum atomic E-state index is -0.390.